The second-order valence-electron chi connectivity index (χ2n) is 5.79. The average molecular weight is 332 g/mol. The molecule has 0 radical (unpaired) electrons. The van der Waals surface area contributed by atoms with Crippen LogP contribution in [0, 0.1) is 0 Å². The fourth-order valence-electron chi connectivity index (χ4n) is 2.78. The lowest BCUT2D eigenvalue weighted by atomic mass is 9.84. The lowest BCUT2D eigenvalue weighted by Gasteiger charge is -2.38. The molecule has 7 heteroatoms. The fraction of sp³-hybridized carbons (Fsp3) is 0.438. The lowest BCUT2D eigenvalue weighted by molar-refractivity contribution is -0.132. The largest absolute Gasteiger partial charge is 0.385 e. The van der Waals surface area contributed by atoms with Crippen molar-refractivity contribution >= 4 is 17.7 Å². The topological polar surface area (TPSA) is 71.2 Å². The van der Waals surface area contributed by atoms with Gasteiger partial charge < -0.3 is 14.6 Å². The Bertz CT molecular complexity index is 666. The van der Waals surface area contributed by atoms with Gasteiger partial charge in [0.1, 0.15) is 6.33 Å². The number of thioether (sulfide) groups is 1. The maximum absolute atomic E-state index is 12.3. The minimum atomic E-state index is -0.825. The number of hydrogen-bond acceptors (Lipinski definition) is 5. The molecule has 0 atom stereocenters. The Kier molecular flexibility index (Phi) is 4.68. The predicted molar refractivity (Wildman–Crippen MR) is 87.9 cm³/mol. The number of amides is 1. The van der Waals surface area contributed by atoms with E-state index in [0.29, 0.717) is 31.7 Å². The molecular formula is C16H20N4O2S. The minimum Gasteiger partial charge on any atom is -0.385 e. The molecule has 1 aromatic carbocycles. The van der Waals surface area contributed by atoms with Crippen molar-refractivity contribution in [3.63, 3.8) is 0 Å². The van der Waals surface area contributed by atoms with Gasteiger partial charge in [-0.1, -0.05) is 42.1 Å². The van der Waals surface area contributed by atoms with Crippen molar-refractivity contribution in [1.29, 1.82) is 0 Å². The number of aryl methyl sites for hydroxylation is 1. The normalized spacial score (nSPS) is 17.2. The highest BCUT2D eigenvalue weighted by atomic mass is 32.2. The van der Waals surface area contributed by atoms with E-state index in [1.807, 2.05) is 42.3 Å². The molecule has 1 N–H and O–H groups in total. The third-order valence-electron chi connectivity index (χ3n) is 4.25. The van der Waals surface area contributed by atoms with Crippen LogP contribution in [-0.4, -0.2) is 49.5 Å². The molecule has 0 spiro atoms. The number of benzene rings is 1. The first kappa shape index (κ1) is 16.0. The Morgan fingerprint density at radius 2 is 2.00 bits per heavy atom. The molecule has 1 aliphatic rings. The van der Waals surface area contributed by atoms with Gasteiger partial charge in [0.15, 0.2) is 5.16 Å². The van der Waals surface area contributed by atoms with Gasteiger partial charge in [0.25, 0.3) is 0 Å². The summed E-state index contributed by atoms with van der Waals surface area (Å²) in [5, 5.41) is 19.3. The molecule has 0 aliphatic carbocycles. The van der Waals surface area contributed by atoms with Crippen LogP contribution < -0.4 is 0 Å². The highest BCUT2D eigenvalue weighted by Gasteiger charge is 2.35. The zero-order valence-corrected chi connectivity index (χ0v) is 13.9. The molecule has 3 rings (SSSR count). The lowest BCUT2D eigenvalue weighted by Crippen LogP contribution is -2.45. The number of aliphatic hydroxyl groups is 1. The van der Waals surface area contributed by atoms with E-state index in [-0.39, 0.29) is 5.91 Å². The van der Waals surface area contributed by atoms with Crippen LogP contribution in [-0.2, 0) is 17.4 Å². The summed E-state index contributed by atoms with van der Waals surface area (Å²) in [6.45, 7) is 1.15. The number of nitrogens with zero attached hydrogens (tertiary/aromatic N) is 4. The van der Waals surface area contributed by atoms with Crippen molar-refractivity contribution in [2.45, 2.75) is 23.6 Å². The van der Waals surface area contributed by atoms with E-state index in [0.717, 1.165) is 10.7 Å². The quantitative estimate of drug-likeness (QED) is 0.858. The molecule has 1 amide bonds. The van der Waals surface area contributed by atoms with Crippen LogP contribution in [0.3, 0.4) is 0 Å². The molecule has 2 heterocycles. The molecule has 0 unspecified atom stereocenters. The Hall–Kier alpha value is -1.86. The number of likely N-dealkylation sites (tertiary alicyclic amines) is 1. The van der Waals surface area contributed by atoms with Gasteiger partial charge in [0.2, 0.25) is 5.91 Å². The number of hydrogen-bond donors (Lipinski definition) is 1. The molecule has 1 aromatic heterocycles. The van der Waals surface area contributed by atoms with E-state index in [1.165, 1.54) is 11.8 Å². The summed E-state index contributed by atoms with van der Waals surface area (Å²) in [6, 6.07) is 9.70. The van der Waals surface area contributed by atoms with Gasteiger partial charge >= 0.3 is 0 Å². The van der Waals surface area contributed by atoms with Gasteiger partial charge in [-0.2, -0.15) is 0 Å². The predicted octanol–water partition coefficient (Wildman–Crippen LogP) is 1.42. The second-order valence-corrected chi connectivity index (χ2v) is 6.73. The Morgan fingerprint density at radius 1 is 1.30 bits per heavy atom. The monoisotopic (exact) mass is 332 g/mol. The molecule has 2 aromatic rings. The average Bonchev–Trinajstić information content (AvgIpc) is 2.99. The zero-order chi connectivity index (χ0) is 16.3. The highest BCUT2D eigenvalue weighted by molar-refractivity contribution is 7.99. The van der Waals surface area contributed by atoms with Crippen LogP contribution >= 0.6 is 11.8 Å². The first-order valence-corrected chi connectivity index (χ1v) is 8.59. The number of piperidine rings is 1. The molecule has 1 aliphatic heterocycles. The van der Waals surface area contributed by atoms with Crippen LogP contribution in [0.4, 0.5) is 0 Å². The van der Waals surface area contributed by atoms with Gasteiger partial charge in [0.05, 0.1) is 11.4 Å². The Labute approximate surface area is 139 Å². The maximum atomic E-state index is 12.3. The van der Waals surface area contributed by atoms with E-state index >= 15 is 0 Å². The molecule has 6 nitrogen and oxygen atoms in total. The van der Waals surface area contributed by atoms with Crippen LogP contribution in [0.25, 0.3) is 0 Å². The summed E-state index contributed by atoms with van der Waals surface area (Å²) >= 11 is 1.39. The number of carbonyl (C=O) groups excluding carboxylic acids is 1. The van der Waals surface area contributed by atoms with Crippen molar-refractivity contribution in [3.8, 4) is 0 Å². The maximum Gasteiger partial charge on any atom is 0.233 e. The SMILES string of the molecule is Cn1cnnc1SCC(=O)N1CCC(O)(c2ccccc2)CC1. The third-order valence-corrected chi connectivity index (χ3v) is 5.27. The van der Waals surface area contributed by atoms with Gasteiger partial charge in [-0.15, -0.1) is 10.2 Å². The summed E-state index contributed by atoms with van der Waals surface area (Å²) in [5.74, 6) is 0.421. The van der Waals surface area contributed by atoms with E-state index in [4.69, 9.17) is 0 Å². The Balaban J connectivity index is 1.54. The molecule has 0 bridgehead atoms. The number of rotatable bonds is 4. The van der Waals surface area contributed by atoms with Crippen LogP contribution in [0.5, 0.6) is 0 Å². The summed E-state index contributed by atoms with van der Waals surface area (Å²) < 4.78 is 1.79. The standard InChI is InChI=1S/C16H20N4O2S/c1-19-12-17-18-15(19)23-11-14(21)20-9-7-16(22,8-10-20)13-5-3-2-4-6-13/h2-6,12,22H,7-11H2,1H3. The molecule has 1 fully saturated rings. The molecule has 122 valence electrons. The third kappa shape index (κ3) is 3.56. The smallest absolute Gasteiger partial charge is 0.233 e. The highest BCUT2D eigenvalue weighted by Crippen LogP contribution is 2.32. The summed E-state index contributed by atoms with van der Waals surface area (Å²) in [6.07, 6.45) is 2.75. The van der Waals surface area contributed by atoms with Crippen LogP contribution in [0.1, 0.15) is 18.4 Å². The van der Waals surface area contributed by atoms with Crippen LogP contribution in [0.15, 0.2) is 41.8 Å². The molecule has 0 saturated carbocycles. The molecule has 1 saturated heterocycles. The van der Waals surface area contributed by atoms with Crippen molar-refractivity contribution in [1.82, 2.24) is 19.7 Å². The van der Waals surface area contributed by atoms with Crippen LogP contribution in [0.2, 0.25) is 0 Å². The minimum absolute atomic E-state index is 0.0770. The summed E-state index contributed by atoms with van der Waals surface area (Å²) in [7, 11) is 1.85. The van der Waals surface area contributed by atoms with Crippen molar-refractivity contribution < 1.29 is 9.90 Å². The fourth-order valence-corrected chi connectivity index (χ4v) is 3.57. The number of aromatic nitrogens is 3. The van der Waals surface area contributed by atoms with Gasteiger partial charge in [0, 0.05) is 20.1 Å². The van der Waals surface area contributed by atoms with E-state index in [2.05, 4.69) is 10.2 Å². The van der Waals surface area contributed by atoms with E-state index in [9.17, 15) is 9.90 Å². The Morgan fingerprint density at radius 3 is 2.61 bits per heavy atom. The second kappa shape index (κ2) is 6.72. The van der Waals surface area contributed by atoms with Gasteiger partial charge in [-0.05, 0) is 18.4 Å². The first-order chi connectivity index (χ1) is 11.1. The zero-order valence-electron chi connectivity index (χ0n) is 13.1. The van der Waals surface area contributed by atoms with Crippen molar-refractivity contribution in [2.75, 3.05) is 18.8 Å². The van der Waals surface area contributed by atoms with Crippen molar-refractivity contribution in [2.24, 2.45) is 7.05 Å². The number of carbonyl (C=O) groups is 1. The summed E-state index contributed by atoms with van der Waals surface area (Å²) in [5.41, 5.74) is 0.106. The summed E-state index contributed by atoms with van der Waals surface area (Å²) in [4.78, 5) is 14.1. The van der Waals surface area contributed by atoms with E-state index in [1.54, 1.807) is 10.9 Å². The van der Waals surface area contributed by atoms with Crippen molar-refractivity contribution in [3.05, 3.63) is 42.2 Å². The molecule has 23 heavy (non-hydrogen) atoms. The first-order valence-electron chi connectivity index (χ1n) is 7.61. The van der Waals surface area contributed by atoms with Gasteiger partial charge in [-0.25, -0.2) is 0 Å². The molecular weight excluding hydrogens is 312 g/mol. The van der Waals surface area contributed by atoms with Gasteiger partial charge in [-0.3, -0.25) is 4.79 Å². The van der Waals surface area contributed by atoms with E-state index < -0.39 is 5.60 Å².